The van der Waals surface area contributed by atoms with Gasteiger partial charge in [-0.3, -0.25) is 9.69 Å². The molecule has 1 amide bonds. The van der Waals surface area contributed by atoms with Crippen molar-refractivity contribution >= 4 is 12.1 Å². The number of carbonyl (C=O) groups is 2. The zero-order valence-corrected chi connectivity index (χ0v) is 17.5. The van der Waals surface area contributed by atoms with E-state index < -0.39 is 47.6 Å². The number of rotatable bonds is 5. The number of aliphatic hydroxyl groups is 1. The lowest BCUT2D eigenvalue weighted by Gasteiger charge is -2.35. The number of alkyl halides is 3. The average Bonchev–Trinajstić information content (AvgIpc) is 3.02. The number of esters is 1. The van der Waals surface area contributed by atoms with Crippen molar-refractivity contribution in [3.63, 3.8) is 0 Å². The lowest BCUT2D eigenvalue weighted by atomic mass is 9.95. The SMILES string of the molecule is CCOC(=O)C[C@@H]1CC[C@@H](C(O)c2ccccc2C(F)(F)F)N1C(=O)OC(C)(C)C. The first kappa shape index (κ1) is 24.0. The van der Waals surface area contributed by atoms with Gasteiger partial charge in [0.05, 0.1) is 24.6 Å². The Kier molecular flexibility index (Phi) is 7.39. The van der Waals surface area contributed by atoms with Crippen molar-refractivity contribution in [2.45, 2.75) is 76.9 Å². The Morgan fingerprint density at radius 2 is 1.83 bits per heavy atom. The van der Waals surface area contributed by atoms with Gasteiger partial charge in [0, 0.05) is 6.04 Å². The van der Waals surface area contributed by atoms with Crippen molar-refractivity contribution in [2.75, 3.05) is 6.61 Å². The number of hydrogen-bond acceptors (Lipinski definition) is 5. The van der Waals surface area contributed by atoms with E-state index in [1.54, 1.807) is 27.7 Å². The molecule has 30 heavy (non-hydrogen) atoms. The van der Waals surface area contributed by atoms with E-state index in [9.17, 15) is 27.9 Å². The predicted octanol–water partition coefficient (Wildman–Crippen LogP) is 4.46. The molecule has 0 aromatic heterocycles. The van der Waals surface area contributed by atoms with Gasteiger partial charge in [-0.25, -0.2) is 4.79 Å². The van der Waals surface area contributed by atoms with Crippen LogP contribution in [-0.2, 0) is 20.4 Å². The molecule has 6 nitrogen and oxygen atoms in total. The van der Waals surface area contributed by atoms with E-state index >= 15 is 0 Å². The smallest absolute Gasteiger partial charge is 0.416 e. The Balaban J connectivity index is 2.37. The zero-order chi connectivity index (χ0) is 22.7. The topological polar surface area (TPSA) is 76.1 Å². The van der Waals surface area contributed by atoms with E-state index in [0.717, 1.165) is 6.07 Å². The molecular formula is C21H28F3NO5. The van der Waals surface area contributed by atoms with Crippen LogP contribution >= 0.6 is 0 Å². The molecule has 2 rings (SSSR count). The van der Waals surface area contributed by atoms with Gasteiger partial charge in [0.15, 0.2) is 0 Å². The van der Waals surface area contributed by atoms with Crippen LogP contribution in [-0.4, -0.2) is 46.4 Å². The fraction of sp³-hybridized carbons (Fsp3) is 0.619. The number of halogens is 3. The van der Waals surface area contributed by atoms with E-state index in [2.05, 4.69) is 0 Å². The molecule has 1 heterocycles. The quantitative estimate of drug-likeness (QED) is 0.697. The van der Waals surface area contributed by atoms with Gasteiger partial charge in [-0.1, -0.05) is 18.2 Å². The molecule has 0 bridgehead atoms. The Labute approximate surface area is 174 Å². The molecule has 1 unspecified atom stereocenters. The number of aliphatic hydroxyl groups excluding tert-OH is 1. The number of benzene rings is 1. The van der Waals surface area contributed by atoms with E-state index in [1.165, 1.54) is 23.1 Å². The lowest BCUT2D eigenvalue weighted by Crippen LogP contribution is -2.47. The van der Waals surface area contributed by atoms with Crippen LogP contribution in [0.15, 0.2) is 24.3 Å². The zero-order valence-electron chi connectivity index (χ0n) is 17.5. The third kappa shape index (κ3) is 5.87. The fourth-order valence-electron chi connectivity index (χ4n) is 3.65. The highest BCUT2D eigenvalue weighted by Gasteiger charge is 2.45. The Morgan fingerprint density at radius 1 is 1.20 bits per heavy atom. The van der Waals surface area contributed by atoms with Crippen molar-refractivity contribution in [2.24, 2.45) is 0 Å². The summed E-state index contributed by atoms with van der Waals surface area (Å²) in [6.07, 6.45) is -6.62. The summed E-state index contributed by atoms with van der Waals surface area (Å²) < 4.78 is 50.6. The predicted molar refractivity (Wildman–Crippen MR) is 103 cm³/mol. The maximum atomic E-state index is 13.4. The molecule has 0 saturated carbocycles. The molecule has 1 fully saturated rings. The van der Waals surface area contributed by atoms with Gasteiger partial charge in [0.2, 0.25) is 0 Å². The molecule has 1 saturated heterocycles. The Bertz CT molecular complexity index is 760. The maximum absolute atomic E-state index is 13.4. The van der Waals surface area contributed by atoms with Crippen molar-refractivity contribution in [1.82, 2.24) is 4.90 Å². The van der Waals surface area contributed by atoms with Crippen LogP contribution in [0.5, 0.6) is 0 Å². The summed E-state index contributed by atoms with van der Waals surface area (Å²) in [4.78, 5) is 26.0. The van der Waals surface area contributed by atoms with Crippen LogP contribution in [0.25, 0.3) is 0 Å². The van der Waals surface area contributed by atoms with Crippen molar-refractivity contribution < 1.29 is 37.3 Å². The van der Waals surface area contributed by atoms with Crippen LogP contribution in [0.3, 0.4) is 0 Å². The summed E-state index contributed by atoms with van der Waals surface area (Å²) in [6.45, 7) is 6.80. The van der Waals surface area contributed by atoms with Gasteiger partial charge in [-0.15, -0.1) is 0 Å². The van der Waals surface area contributed by atoms with Gasteiger partial charge < -0.3 is 14.6 Å². The lowest BCUT2D eigenvalue weighted by molar-refractivity contribution is -0.144. The molecule has 0 radical (unpaired) electrons. The number of carbonyl (C=O) groups excluding carboxylic acids is 2. The minimum absolute atomic E-state index is 0.128. The summed E-state index contributed by atoms with van der Waals surface area (Å²) in [6, 6.07) is 3.11. The first-order valence-electron chi connectivity index (χ1n) is 9.86. The highest BCUT2D eigenvalue weighted by Crippen LogP contribution is 2.40. The van der Waals surface area contributed by atoms with Crippen molar-refractivity contribution in [3.8, 4) is 0 Å². The van der Waals surface area contributed by atoms with Crippen molar-refractivity contribution in [3.05, 3.63) is 35.4 Å². The summed E-state index contributed by atoms with van der Waals surface area (Å²) in [5.41, 5.74) is -2.14. The molecule has 3 atom stereocenters. The van der Waals surface area contributed by atoms with Crippen LogP contribution in [0.4, 0.5) is 18.0 Å². The minimum Gasteiger partial charge on any atom is -0.466 e. The number of amides is 1. The molecule has 0 spiro atoms. The first-order chi connectivity index (χ1) is 13.8. The van der Waals surface area contributed by atoms with Gasteiger partial charge in [0.25, 0.3) is 0 Å². The molecule has 1 aliphatic rings. The number of nitrogens with zero attached hydrogens (tertiary/aromatic N) is 1. The van der Waals surface area contributed by atoms with Gasteiger partial charge in [-0.05, 0) is 52.2 Å². The second-order valence-corrected chi connectivity index (χ2v) is 8.23. The first-order valence-corrected chi connectivity index (χ1v) is 9.86. The monoisotopic (exact) mass is 431 g/mol. The molecule has 1 N–H and O–H groups in total. The molecule has 0 aliphatic carbocycles. The van der Waals surface area contributed by atoms with Crippen molar-refractivity contribution in [1.29, 1.82) is 0 Å². The molecule has 1 aromatic carbocycles. The van der Waals surface area contributed by atoms with Crippen LogP contribution < -0.4 is 0 Å². The summed E-state index contributed by atoms with van der Waals surface area (Å²) >= 11 is 0. The van der Waals surface area contributed by atoms with Gasteiger partial charge in [0.1, 0.15) is 11.7 Å². The van der Waals surface area contributed by atoms with Crippen LogP contribution in [0, 0.1) is 0 Å². The average molecular weight is 431 g/mol. The Hall–Kier alpha value is -2.29. The highest BCUT2D eigenvalue weighted by atomic mass is 19.4. The van der Waals surface area contributed by atoms with Gasteiger partial charge in [-0.2, -0.15) is 13.2 Å². The minimum atomic E-state index is -4.66. The summed E-state index contributed by atoms with van der Waals surface area (Å²) in [5.74, 6) is -0.526. The molecular weight excluding hydrogens is 403 g/mol. The number of likely N-dealkylation sites (tertiary alicyclic amines) is 1. The van der Waals surface area contributed by atoms with E-state index in [4.69, 9.17) is 9.47 Å². The number of hydrogen-bond donors (Lipinski definition) is 1. The van der Waals surface area contributed by atoms with E-state index in [1.807, 2.05) is 0 Å². The van der Waals surface area contributed by atoms with Gasteiger partial charge >= 0.3 is 18.2 Å². The number of ether oxygens (including phenoxy) is 2. The molecule has 1 aliphatic heterocycles. The highest BCUT2D eigenvalue weighted by molar-refractivity contribution is 5.74. The van der Waals surface area contributed by atoms with E-state index in [0.29, 0.717) is 6.42 Å². The molecule has 1 aromatic rings. The summed E-state index contributed by atoms with van der Waals surface area (Å²) in [7, 11) is 0. The second kappa shape index (κ2) is 9.24. The fourth-order valence-corrected chi connectivity index (χ4v) is 3.65. The maximum Gasteiger partial charge on any atom is 0.416 e. The third-order valence-electron chi connectivity index (χ3n) is 4.81. The van der Waals surface area contributed by atoms with Crippen LogP contribution in [0.1, 0.15) is 64.2 Å². The summed E-state index contributed by atoms with van der Waals surface area (Å²) in [5, 5.41) is 10.9. The normalized spacial score (nSPS) is 20.7. The third-order valence-corrected chi connectivity index (χ3v) is 4.81. The largest absolute Gasteiger partial charge is 0.466 e. The molecule has 9 heteroatoms. The van der Waals surface area contributed by atoms with E-state index in [-0.39, 0.29) is 25.0 Å². The standard InChI is InChI=1S/C21H28F3NO5/c1-5-29-17(26)12-13-10-11-16(25(13)19(28)30-20(2,3)4)18(27)14-8-6-7-9-15(14)21(22,23)24/h6-9,13,16,18,27H,5,10-12H2,1-4H3/t13-,16-,18?/m0/s1. The van der Waals surface area contributed by atoms with Crippen LogP contribution in [0.2, 0.25) is 0 Å². The second-order valence-electron chi connectivity index (χ2n) is 8.23. The molecule has 168 valence electrons. The Morgan fingerprint density at radius 3 is 2.40 bits per heavy atom.